The van der Waals surface area contributed by atoms with E-state index in [-0.39, 0.29) is 10.8 Å². The van der Waals surface area contributed by atoms with Gasteiger partial charge in [0.05, 0.1) is 11.1 Å². The molecule has 0 unspecified atom stereocenters. The van der Waals surface area contributed by atoms with Gasteiger partial charge in [-0.05, 0) is 0 Å². The van der Waals surface area contributed by atoms with E-state index in [0.29, 0.717) is 16.9 Å². The van der Waals surface area contributed by atoms with E-state index in [0.717, 1.165) is 11.8 Å². The lowest BCUT2D eigenvalue weighted by molar-refractivity contribution is 0.593. The second kappa shape index (κ2) is 4.52. The minimum atomic E-state index is -3.54. The molecule has 0 fully saturated rings. The fourth-order valence-electron chi connectivity index (χ4n) is 2.07. The van der Waals surface area contributed by atoms with Crippen LogP contribution in [0.4, 0.5) is 5.82 Å². The first kappa shape index (κ1) is 13.5. The molecular weight excluding hydrogens is 290 g/mol. The molecule has 0 aliphatic rings. The SMILES string of the molecule is Cn1nc2nc(S(C)(=O)=O)nc(-c3ccccc3)c2c1N. The van der Waals surface area contributed by atoms with Crippen molar-refractivity contribution in [2.24, 2.45) is 7.05 Å². The third kappa shape index (κ3) is 2.23. The van der Waals surface area contributed by atoms with Crippen LogP contribution in [0.25, 0.3) is 22.3 Å². The van der Waals surface area contributed by atoms with E-state index in [2.05, 4.69) is 15.1 Å². The van der Waals surface area contributed by atoms with Gasteiger partial charge in [0.15, 0.2) is 5.65 Å². The van der Waals surface area contributed by atoms with Gasteiger partial charge in [0, 0.05) is 18.9 Å². The van der Waals surface area contributed by atoms with Gasteiger partial charge in [-0.15, -0.1) is 0 Å². The van der Waals surface area contributed by atoms with Crippen molar-refractivity contribution in [3.05, 3.63) is 30.3 Å². The Labute approximate surface area is 121 Å². The van der Waals surface area contributed by atoms with Crippen molar-refractivity contribution in [2.75, 3.05) is 12.0 Å². The molecule has 8 heteroatoms. The summed E-state index contributed by atoms with van der Waals surface area (Å²) in [5.74, 6) is 0.393. The summed E-state index contributed by atoms with van der Waals surface area (Å²) in [7, 11) is -1.87. The van der Waals surface area contributed by atoms with Crippen molar-refractivity contribution in [3.8, 4) is 11.3 Å². The molecule has 7 nitrogen and oxygen atoms in total. The number of hydrogen-bond acceptors (Lipinski definition) is 6. The van der Waals surface area contributed by atoms with Crippen LogP contribution in [0, 0.1) is 0 Å². The number of fused-ring (bicyclic) bond motifs is 1. The highest BCUT2D eigenvalue weighted by atomic mass is 32.2. The van der Waals surface area contributed by atoms with Gasteiger partial charge in [-0.1, -0.05) is 30.3 Å². The van der Waals surface area contributed by atoms with Crippen LogP contribution in [0.2, 0.25) is 0 Å². The Morgan fingerprint density at radius 3 is 2.43 bits per heavy atom. The summed E-state index contributed by atoms with van der Waals surface area (Å²) in [6.07, 6.45) is 1.06. The van der Waals surface area contributed by atoms with Crippen molar-refractivity contribution in [1.29, 1.82) is 0 Å². The Morgan fingerprint density at radius 1 is 1.14 bits per heavy atom. The van der Waals surface area contributed by atoms with Crippen LogP contribution < -0.4 is 5.73 Å². The lowest BCUT2D eigenvalue weighted by atomic mass is 10.1. The molecule has 0 atom stereocenters. The molecule has 3 rings (SSSR count). The number of benzene rings is 1. The fourth-order valence-corrected chi connectivity index (χ4v) is 2.58. The predicted octanol–water partition coefficient (Wildman–Crippen LogP) is 1.02. The molecule has 0 aliphatic carbocycles. The molecule has 1 aromatic carbocycles. The molecule has 108 valence electrons. The van der Waals surface area contributed by atoms with Crippen LogP contribution >= 0.6 is 0 Å². The van der Waals surface area contributed by atoms with Crippen LogP contribution in [-0.4, -0.2) is 34.4 Å². The smallest absolute Gasteiger partial charge is 0.249 e. The largest absolute Gasteiger partial charge is 0.383 e. The van der Waals surface area contributed by atoms with Crippen molar-refractivity contribution >= 4 is 26.7 Å². The first-order valence-corrected chi connectivity index (χ1v) is 8.03. The zero-order valence-corrected chi connectivity index (χ0v) is 12.3. The average Bonchev–Trinajstić information content (AvgIpc) is 2.73. The number of hydrogen-bond donors (Lipinski definition) is 1. The first-order valence-electron chi connectivity index (χ1n) is 6.13. The van der Waals surface area contributed by atoms with E-state index in [1.807, 2.05) is 30.3 Å². The maximum atomic E-state index is 11.8. The Hall–Kier alpha value is -2.48. The molecular formula is C13H13N5O2S. The summed E-state index contributed by atoms with van der Waals surface area (Å²) in [4.78, 5) is 8.19. The number of anilines is 1. The van der Waals surface area contributed by atoms with E-state index in [4.69, 9.17) is 5.73 Å². The quantitative estimate of drug-likeness (QED) is 0.709. The number of nitrogens with zero attached hydrogens (tertiary/aromatic N) is 4. The number of nitrogens with two attached hydrogens (primary N) is 1. The number of sulfone groups is 1. The molecule has 0 spiro atoms. The molecule has 0 saturated heterocycles. The van der Waals surface area contributed by atoms with Crippen LogP contribution in [0.15, 0.2) is 35.5 Å². The molecule has 21 heavy (non-hydrogen) atoms. The molecule has 2 aromatic heterocycles. The number of nitrogen functional groups attached to an aromatic ring is 1. The van der Waals surface area contributed by atoms with Crippen molar-refractivity contribution < 1.29 is 8.42 Å². The molecule has 2 heterocycles. The lowest BCUT2D eigenvalue weighted by Gasteiger charge is -2.05. The van der Waals surface area contributed by atoms with Gasteiger partial charge in [0.2, 0.25) is 15.0 Å². The topological polar surface area (TPSA) is 104 Å². The molecule has 0 radical (unpaired) electrons. The van der Waals surface area contributed by atoms with Gasteiger partial charge in [-0.25, -0.2) is 13.4 Å². The van der Waals surface area contributed by atoms with Crippen LogP contribution in [0.5, 0.6) is 0 Å². The molecule has 0 bridgehead atoms. The van der Waals surface area contributed by atoms with Gasteiger partial charge < -0.3 is 5.73 Å². The highest BCUT2D eigenvalue weighted by molar-refractivity contribution is 7.90. The second-order valence-electron chi connectivity index (χ2n) is 4.70. The predicted molar refractivity (Wildman–Crippen MR) is 79.3 cm³/mol. The van der Waals surface area contributed by atoms with Gasteiger partial charge in [-0.2, -0.15) is 10.1 Å². The van der Waals surface area contributed by atoms with Gasteiger partial charge in [0.25, 0.3) is 0 Å². The van der Waals surface area contributed by atoms with Crippen molar-refractivity contribution in [2.45, 2.75) is 5.16 Å². The monoisotopic (exact) mass is 303 g/mol. The van der Waals surface area contributed by atoms with E-state index in [1.165, 1.54) is 4.68 Å². The molecule has 0 amide bonds. The standard InChI is InChI=1S/C13H13N5O2S/c1-18-11(14)9-10(8-6-4-3-5-7-8)15-13(21(2,19)20)16-12(9)17-18/h3-7H,14H2,1-2H3. The van der Waals surface area contributed by atoms with Crippen LogP contribution in [0.1, 0.15) is 0 Å². The van der Waals surface area contributed by atoms with Gasteiger partial charge >= 0.3 is 0 Å². The Balaban J connectivity index is 2.45. The molecule has 3 aromatic rings. The van der Waals surface area contributed by atoms with Crippen molar-refractivity contribution in [3.63, 3.8) is 0 Å². The number of aryl methyl sites for hydroxylation is 1. The third-order valence-corrected chi connectivity index (χ3v) is 3.94. The van der Waals surface area contributed by atoms with E-state index < -0.39 is 9.84 Å². The Kier molecular flexibility index (Phi) is 2.91. The summed E-state index contributed by atoms with van der Waals surface area (Å²) < 4.78 is 25.0. The highest BCUT2D eigenvalue weighted by Gasteiger charge is 2.20. The maximum absolute atomic E-state index is 11.8. The highest BCUT2D eigenvalue weighted by Crippen LogP contribution is 2.30. The summed E-state index contributed by atoms with van der Waals surface area (Å²) in [5, 5.41) is 4.44. The van der Waals surface area contributed by atoms with Gasteiger partial charge in [-0.3, -0.25) is 4.68 Å². The zero-order chi connectivity index (χ0) is 15.2. The van der Waals surface area contributed by atoms with Gasteiger partial charge in [0.1, 0.15) is 5.82 Å². The average molecular weight is 303 g/mol. The maximum Gasteiger partial charge on any atom is 0.249 e. The minimum absolute atomic E-state index is 0.257. The molecule has 0 aliphatic heterocycles. The number of rotatable bonds is 2. The summed E-state index contributed by atoms with van der Waals surface area (Å²) in [6, 6.07) is 9.22. The zero-order valence-electron chi connectivity index (χ0n) is 11.5. The first-order chi connectivity index (χ1) is 9.88. The van der Waals surface area contributed by atoms with Crippen LogP contribution in [0.3, 0.4) is 0 Å². The summed E-state index contributed by atoms with van der Waals surface area (Å²) >= 11 is 0. The minimum Gasteiger partial charge on any atom is -0.383 e. The Bertz CT molecular complexity index is 932. The third-order valence-electron chi connectivity index (χ3n) is 3.10. The van der Waals surface area contributed by atoms with Crippen molar-refractivity contribution in [1.82, 2.24) is 19.7 Å². The van der Waals surface area contributed by atoms with Crippen LogP contribution in [-0.2, 0) is 16.9 Å². The summed E-state index contributed by atoms with van der Waals surface area (Å²) in [6.45, 7) is 0. The van der Waals surface area contributed by atoms with E-state index in [1.54, 1.807) is 7.05 Å². The fraction of sp³-hybridized carbons (Fsp3) is 0.154. The normalized spacial score (nSPS) is 11.9. The second-order valence-corrected chi connectivity index (χ2v) is 6.61. The van der Waals surface area contributed by atoms with E-state index in [9.17, 15) is 8.42 Å². The molecule has 0 saturated carbocycles. The van der Waals surface area contributed by atoms with E-state index >= 15 is 0 Å². The summed E-state index contributed by atoms with van der Waals surface area (Å²) in [5.41, 5.74) is 7.50. The number of aromatic nitrogens is 4. The molecule has 2 N–H and O–H groups in total. The Morgan fingerprint density at radius 2 is 1.81 bits per heavy atom. The lowest BCUT2D eigenvalue weighted by Crippen LogP contribution is -2.05.